The van der Waals surface area contributed by atoms with Gasteiger partial charge in [0.05, 0.1) is 22.1 Å². The number of fused-ring (bicyclic) bond motifs is 8. The van der Waals surface area contributed by atoms with E-state index in [0.717, 1.165) is 12.1 Å². The first kappa shape index (κ1) is 36.2. The van der Waals surface area contributed by atoms with Crippen LogP contribution in [-0.4, -0.2) is 9.13 Å². The van der Waals surface area contributed by atoms with Crippen LogP contribution in [0.15, 0.2) is 212 Å². The standard InChI is InChI=1S/C60H44N2/c1-3-39(2)42-28-33-57-53(36-42)54-38-44(43-29-34-56-52(37-43)47-20-14-15-25-55(47)61(56)45-18-8-5-9-19-45)30-35-58(54)62(57)46-31-26-41(27-32-46)60-50-23-12-10-21-48(50)59(40-16-6-4-7-17-40)49-22-11-13-24-51(49)60/h4-39H,3H2,1-2H3. The molecule has 0 radical (unpaired) electrons. The third kappa shape index (κ3) is 5.64. The molecule has 0 bridgehead atoms. The molecule has 1 atom stereocenters. The number of rotatable bonds is 7. The molecule has 2 heterocycles. The van der Waals surface area contributed by atoms with E-state index in [1.807, 2.05) is 0 Å². The van der Waals surface area contributed by atoms with E-state index in [1.165, 1.54) is 110 Å². The topological polar surface area (TPSA) is 9.86 Å². The second-order valence-electron chi connectivity index (χ2n) is 16.8. The summed E-state index contributed by atoms with van der Waals surface area (Å²) in [6.45, 7) is 4.62. The molecule has 0 aliphatic heterocycles. The number of aromatic nitrogens is 2. The Morgan fingerprint density at radius 3 is 1.26 bits per heavy atom. The van der Waals surface area contributed by atoms with Crippen LogP contribution in [0.1, 0.15) is 31.7 Å². The highest BCUT2D eigenvalue weighted by atomic mass is 15.0. The lowest BCUT2D eigenvalue weighted by Gasteiger charge is -2.18. The maximum absolute atomic E-state index is 2.46. The minimum absolute atomic E-state index is 0.475. The number of hydrogen-bond donors (Lipinski definition) is 0. The van der Waals surface area contributed by atoms with Gasteiger partial charge in [0.2, 0.25) is 0 Å². The Labute approximate surface area is 361 Å². The molecule has 0 fully saturated rings. The zero-order valence-electron chi connectivity index (χ0n) is 34.9. The van der Waals surface area contributed by atoms with E-state index < -0.39 is 0 Å². The van der Waals surface area contributed by atoms with Crippen LogP contribution >= 0.6 is 0 Å². The summed E-state index contributed by atoms with van der Waals surface area (Å²) in [4.78, 5) is 0. The molecule has 2 nitrogen and oxygen atoms in total. The second kappa shape index (κ2) is 14.5. The summed E-state index contributed by atoms with van der Waals surface area (Å²) in [6.07, 6.45) is 1.10. The van der Waals surface area contributed by atoms with Crippen molar-refractivity contribution in [2.45, 2.75) is 26.2 Å². The third-order valence-electron chi connectivity index (χ3n) is 13.4. The summed E-state index contributed by atoms with van der Waals surface area (Å²) >= 11 is 0. The monoisotopic (exact) mass is 792 g/mol. The molecule has 62 heavy (non-hydrogen) atoms. The molecule has 0 saturated carbocycles. The molecule has 0 spiro atoms. The quantitative estimate of drug-likeness (QED) is 0.142. The van der Waals surface area contributed by atoms with Crippen LogP contribution in [0.25, 0.3) is 110 Å². The first-order valence-corrected chi connectivity index (χ1v) is 21.9. The fourth-order valence-electron chi connectivity index (χ4n) is 10.2. The van der Waals surface area contributed by atoms with Gasteiger partial charge in [-0.05, 0) is 140 Å². The molecular formula is C60H44N2. The van der Waals surface area contributed by atoms with Crippen LogP contribution in [0, 0.1) is 0 Å². The van der Waals surface area contributed by atoms with Crippen molar-refractivity contribution in [3.8, 4) is 44.8 Å². The molecule has 0 aliphatic carbocycles. The van der Waals surface area contributed by atoms with Crippen LogP contribution in [0.2, 0.25) is 0 Å². The summed E-state index contributed by atoms with van der Waals surface area (Å²) in [5.41, 5.74) is 16.0. The van der Waals surface area contributed by atoms with Gasteiger partial charge in [-0.2, -0.15) is 0 Å². The SMILES string of the molecule is CCC(C)c1ccc2c(c1)c1cc(-c3ccc4c(c3)c3ccccc3n4-c3ccccc3)ccc1n2-c1ccc(-c2c3ccccc3c(-c3ccccc3)c3ccccc23)cc1. The van der Waals surface area contributed by atoms with E-state index in [0.29, 0.717) is 5.92 Å². The average molecular weight is 793 g/mol. The van der Waals surface area contributed by atoms with Crippen molar-refractivity contribution < 1.29 is 0 Å². The summed E-state index contributed by atoms with van der Waals surface area (Å²) < 4.78 is 4.85. The Bertz CT molecular complexity index is 3610. The van der Waals surface area contributed by atoms with Gasteiger partial charge in [-0.3, -0.25) is 0 Å². The summed E-state index contributed by atoms with van der Waals surface area (Å²) in [5, 5.41) is 10.2. The first-order chi connectivity index (χ1) is 30.6. The van der Waals surface area contributed by atoms with Crippen LogP contribution in [0.3, 0.4) is 0 Å². The number of hydrogen-bond acceptors (Lipinski definition) is 0. The molecule has 12 aromatic rings. The predicted octanol–water partition coefficient (Wildman–Crippen LogP) is 16.7. The van der Waals surface area contributed by atoms with Crippen molar-refractivity contribution in [2.24, 2.45) is 0 Å². The van der Waals surface area contributed by atoms with Gasteiger partial charge < -0.3 is 9.13 Å². The molecule has 1 unspecified atom stereocenters. The highest BCUT2D eigenvalue weighted by Gasteiger charge is 2.20. The van der Waals surface area contributed by atoms with Crippen molar-refractivity contribution in [3.63, 3.8) is 0 Å². The fraction of sp³-hybridized carbons (Fsp3) is 0.0667. The number of para-hydroxylation sites is 2. The lowest BCUT2D eigenvalue weighted by molar-refractivity contribution is 0.735. The summed E-state index contributed by atoms with van der Waals surface area (Å²) in [6, 6.07) is 78.6. The van der Waals surface area contributed by atoms with Crippen LogP contribution < -0.4 is 0 Å². The van der Waals surface area contributed by atoms with Gasteiger partial charge in [-0.1, -0.05) is 159 Å². The van der Waals surface area contributed by atoms with E-state index in [1.54, 1.807) is 0 Å². The highest BCUT2D eigenvalue weighted by molar-refractivity contribution is 6.21. The van der Waals surface area contributed by atoms with Crippen molar-refractivity contribution in [2.75, 3.05) is 0 Å². The maximum Gasteiger partial charge on any atom is 0.0541 e. The molecule has 2 heteroatoms. The van der Waals surface area contributed by atoms with E-state index >= 15 is 0 Å². The molecule has 12 rings (SSSR count). The second-order valence-corrected chi connectivity index (χ2v) is 16.8. The molecular weight excluding hydrogens is 749 g/mol. The third-order valence-corrected chi connectivity index (χ3v) is 13.4. The maximum atomic E-state index is 2.46. The minimum atomic E-state index is 0.475. The van der Waals surface area contributed by atoms with Crippen molar-refractivity contribution >= 4 is 65.2 Å². The first-order valence-electron chi connectivity index (χ1n) is 21.9. The number of benzene rings is 10. The van der Waals surface area contributed by atoms with Gasteiger partial charge in [-0.15, -0.1) is 0 Å². The Morgan fingerprint density at radius 2 is 0.710 bits per heavy atom. The lowest BCUT2D eigenvalue weighted by Crippen LogP contribution is -1.95. The van der Waals surface area contributed by atoms with Crippen LogP contribution in [0.5, 0.6) is 0 Å². The predicted molar refractivity (Wildman–Crippen MR) is 265 cm³/mol. The lowest BCUT2D eigenvalue weighted by atomic mass is 9.86. The van der Waals surface area contributed by atoms with Gasteiger partial charge in [0.1, 0.15) is 0 Å². The van der Waals surface area contributed by atoms with E-state index in [2.05, 4.69) is 235 Å². The number of nitrogens with zero attached hydrogens (tertiary/aromatic N) is 2. The Kier molecular flexibility index (Phi) is 8.47. The van der Waals surface area contributed by atoms with E-state index in [9.17, 15) is 0 Å². The normalized spacial score (nSPS) is 12.4. The van der Waals surface area contributed by atoms with Crippen molar-refractivity contribution in [1.29, 1.82) is 0 Å². The molecule has 0 saturated heterocycles. The van der Waals surface area contributed by atoms with Gasteiger partial charge >= 0.3 is 0 Å². The van der Waals surface area contributed by atoms with Gasteiger partial charge in [0.25, 0.3) is 0 Å². The van der Waals surface area contributed by atoms with Gasteiger partial charge in [-0.25, -0.2) is 0 Å². The molecule has 2 aromatic heterocycles. The molecule has 10 aromatic carbocycles. The van der Waals surface area contributed by atoms with Gasteiger partial charge in [0, 0.05) is 32.9 Å². The Morgan fingerprint density at radius 1 is 0.323 bits per heavy atom. The zero-order chi connectivity index (χ0) is 41.3. The molecule has 0 aliphatic rings. The average Bonchev–Trinajstić information content (AvgIpc) is 3.85. The summed E-state index contributed by atoms with van der Waals surface area (Å²) in [7, 11) is 0. The van der Waals surface area contributed by atoms with Crippen molar-refractivity contribution in [1.82, 2.24) is 9.13 Å². The molecule has 294 valence electrons. The minimum Gasteiger partial charge on any atom is -0.309 e. The largest absolute Gasteiger partial charge is 0.309 e. The zero-order valence-corrected chi connectivity index (χ0v) is 34.9. The highest BCUT2D eigenvalue weighted by Crippen LogP contribution is 2.45. The molecule has 0 amide bonds. The molecule has 0 N–H and O–H groups in total. The van der Waals surface area contributed by atoms with Crippen LogP contribution in [-0.2, 0) is 0 Å². The smallest absolute Gasteiger partial charge is 0.0541 e. The van der Waals surface area contributed by atoms with E-state index in [-0.39, 0.29) is 0 Å². The Balaban J connectivity index is 1.02. The summed E-state index contributed by atoms with van der Waals surface area (Å²) in [5.74, 6) is 0.475. The fourth-order valence-corrected chi connectivity index (χ4v) is 10.2. The van der Waals surface area contributed by atoms with Crippen LogP contribution in [0.4, 0.5) is 0 Å². The van der Waals surface area contributed by atoms with Gasteiger partial charge in [0.15, 0.2) is 0 Å². The Hall–Kier alpha value is -7.68. The van der Waals surface area contributed by atoms with E-state index in [4.69, 9.17) is 0 Å². The van der Waals surface area contributed by atoms with Crippen molar-refractivity contribution in [3.05, 3.63) is 218 Å².